The van der Waals surface area contributed by atoms with Crippen LogP contribution in [-0.2, 0) is 9.53 Å². The number of amides is 1. The lowest BCUT2D eigenvalue weighted by molar-refractivity contribution is -0.134. The van der Waals surface area contributed by atoms with Crippen LogP contribution in [0, 0.1) is 0 Å². The van der Waals surface area contributed by atoms with Gasteiger partial charge in [-0.15, -0.1) is 10.2 Å². The highest BCUT2D eigenvalue weighted by Crippen LogP contribution is 2.33. The minimum absolute atomic E-state index is 0.0999. The van der Waals surface area contributed by atoms with E-state index in [2.05, 4.69) is 45.7 Å². The molecular formula is C23H27N5O2S. The highest BCUT2D eigenvalue weighted by molar-refractivity contribution is 8.00. The number of carbonyl (C=O) groups excluding carboxylic acids is 1. The number of rotatable bonds is 6. The molecule has 1 atom stereocenters. The van der Waals surface area contributed by atoms with Crippen molar-refractivity contribution in [3.8, 4) is 17.1 Å². The van der Waals surface area contributed by atoms with Gasteiger partial charge in [0.05, 0.1) is 24.2 Å². The summed E-state index contributed by atoms with van der Waals surface area (Å²) in [5.41, 5.74) is 3.10. The Morgan fingerprint density at radius 2 is 1.84 bits per heavy atom. The van der Waals surface area contributed by atoms with Crippen molar-refractivity contribution in [1.29, 1.82) is 0 Å². The molecule has 3 heterocycles. The number of benzene rings is 1. The Morgan fingerprint density at radius 1 is 1.06 bits per heavy atom. The van der Waals surface area contributed by atoms with E-state index >= 15 is 0 Å². The minimum atomic E-state index is -0.283. The number of ether oxygens (including phenoxy) is 1. The predicted octanol–water partition coefficient (Wildman–Crippen LogP) is 3.79. The fourth-order valence-electron chi connectivity index (χ4n) is 3.67. The topological polar surface area (TPSA) is 73.1 Å². The summed E-state index contributed by atoms with van der Waals surface area (Å²) in [7, 11) is 0. The normalized spacial score (nSPS) is 15.3. The summed E-state index contributed by atoms with van der Waals surface area (Å²) in [6.07, 6.45) is 3.53. The standard InChI is InChI=1S/C23H27N5O2S/c1-16(2)19-8-4-5-9-20(19)28-21(18-7-6-10-24-15-18)25-26-23(28)31-17(3)22(29)27-11-13-30-14-12-27/h4-10,15-17H,11-14H2,1-3H3. The van der Waals surface area contributed by atoms with Crippen molar-refractivity contribution in [3.63, 3.8) is 0 Å². The van der Waals surface area contributed by atoms with Gasteiger partial charge in [0.15, 0.2) is 11.0 Å². The van der Waals surface area contributed by atoms with Crippen molar-refractivity contribution in [2.75, 3.05) is 26.3 Å². The number of carbonyl (C=O) groups is 1. The summed E-state index contributed by atoms with van der Waals surface area (Å²) in [6, 6.07) is 12.1. The summed E-state index contributed by atoms with van der Waals surface area (Å²) in [4.78, 5) is 19.1. The quantitative estimate of drug-likeness (QED) is 0.546. The van der Waals surface area contributed by atoms with Crippen LogP contribution in [0.1, 0.15) is 32.3 Å². The van der Waals surface area contributed by atoms with Gasteiger partial charge in [-0.1, -0.05) is 43.8 Å². The number of morpholine rings is 1. The second-order valence-electron chi connectivity index (χ2n) is 7.79. The molecular weight excluding hydrogens is 410 g/mol. The summed E-state index contributed by atoms with van der Waals surface area (Å²) in [5.74, 6) is 1.14. The van der Waals surface area contributed by atoms with Gasteiger partial charge in [-0.25, -0.2) is 0 Å². The molecule has 1 saturated heterocycles. The van der Waals surface area contributed by atoms with Crippen LogP contribution in [0.25, 0.3) is 17.1 Å². The van der Waals surface area contributed by atoms with E-state index in [1.807, 2.05) is 36.1 Å². The van der Waals surface area contributed by atoms with Gasteiger partial charge in [0.25, 0.3) is 0 Å². The van der Waals surface area contributed by atoms with Gasteiger partial charge < -0.3 is 9.64 Å². The first kappa shape index (κ1) is 21.5. The van der Waals surface area contributed by atoms with Crippen LogP contribution in [-0.4, -0.2) is 62.1 Å². The van der Waals surface area contributed by atoms with Gasteiger partial charge in [0, 0.05) is 31.0 Å². The molecule has 2 aromatic heterocycles. The van der Waals surface area contributed by atoms with Crippen molar-refractivity contribution in [3.05, 3.63) is 54.4 Å². The first-order valence-electron chi connectivity index (χ1n) is 10.5. The van der Waals surface area contributed by atoms with Crippen LogP contribution in [0.2, 0.25) is 0 Å². The van der Waals surface area contributed by atoms with Crippen LogP contribution in [0.4, 0.5) is 0 Å². The van der Waals surface area contributed by atoms with E-state index in [9.17, 15) is 4.79 Å². The molecule has 8 heteroatoms. The zero-order valence-electron chi connectivity index (χ0n) is 18.1. The molecule has 0 aliphatic carbocycles. The van der Waals surface area contributed by atoms with Gasteiger partial charge in [-0.2, -0.15) is 0 Å². The first-order chi connectivity index (χ1) is 15.1. The molecule has 0 radical (unpaired) electrons. The van der Waals surface area contributed by atoms with Gasteiger partial charge in [0.2, 0.25) is 5.91 Å². The van der Waals surface area contributed by atoms with Crippen LogP contribution in [0.15, 0.2) is 53.9 Å². The third-order valence-corrected chi connectivity index (χ3v) is 6.34. The zero-order valence-corrected chi connectivity index (χ0v) is 18.9. The Balaban J connectivity index is 1.73. The van der Waals surface area contributed by atoms with E-state index in [4.69, 9.17) is 4.74 Å². The summed E-state index contributed by atoms with van der Waals surface area (Å²) < 4.78 is 7.44. The van der Waals surface area contributed by atoms with Crippen LogP contribution >= 0.6 is 11.8 Å². The lowest BCUT2D eigenvalue weighted by Crippen LogP contribution is -2.44. The van der Waals surface area contributed by atoms with Crippen molar-refractivity contribution in [1.82, 2.24) is 24.6 Å². The largest absolute Gasteiger partial charge is 0.378 e. The van der Waals surface area contributed by atoms with Gasteiger partial charge >= 0.3 is 0 Å². The summed E-state index contributed by atoms with van der Waals surface area (Å²) in [6.45, 7) is 8.72. The molecule has 1 fully saturated rings. The fourth-order valence-corrected chi connectivity index (χ4v) is 4.62. The maximum atomic E-state index is 13.0. The highest BCUT2D eigenvalue weighted by Gasteiger charge is 2.27. The SMILES string of the molecule is CC(Sc1nnc(-c2cccnc2)n1-c1ccccc1C(C)C)C(=O)N1CCOCC1. The molecule has 3 aromatic rings. The molecule has 1 amide bonds. The van der Waals surface area contributed by atoms with Crippen LogP contribution < -0.4 is 0 Å². The summed E-state index contributed by atoms with van der Waals surface area (Å²) >= 11 is 1.44. The Kier molecular flexibility index (Phi) is 6.67. The maximum absolute atomic E-state index is 13.0. The average molecular weight is 438 g/mol. The number of para-hydroxylation sites is 1. The first-order valence-corrected chi connectivity index (χ1v) is 11.4. The number of thioether (sulfide) groups is 1. The number of hydrogen-bond acceptors (Lipinski definition) is 6. The average Bonchev–Trinajstić information content (AvgIpc) is 3.22. The van der Waals surface area contributed by atoms with E-state index in [1.165, 1.54) is 17.3 Å². The molecule has 4 rings (SSSR count). The molecule has 31 heavy (non-hydrogen) atoms. The van der Waals surface area contributed by atoms with E-state index in [-0.39, 0.29) is 11.2 Å². The second kappa shape index (κ2) is 9.62. The zero-order chi connectivity index (χ0) is 21.8. The van der Waals surface area contributed by atoms with Crippen molar-refractivity contribution >= 4 is 17.7 Å². The molecule has 1 aliphatic rings. The predicted molar refractivity (Wildman–Crippen MR) is 121 cm³/mol. The molecule has 0 spiro atoms. The monoisotopic (exact) mass is 437 g/mol. The lowest BCUT2D eigenvalue weighted by Gasteiger charge is -2.29. The Bertz CT molecular complexity index is 1030. The van der Waals surface area contributed by atoms with Gasteiger partial charge in [-0.05, 0) is 36.6 Å². The number of nitrogens with zero attached hydrogens (tertiary/aromatic N) is 5. The van der Waals surface area contributed by atoms with Crippen molar-refractivity contribution in [2.45, 2.75) is 37.1 Å². The molecule has 1 unspecified atom stereocenters. The van der Waals surface area contributed by atoms with Crippen molar-refractivity contribution in [2.24, 2.45) is 0 Å². The van der Waals surface area contributed by atoms with E-state index in [1.54, 1.807) is 12.4 Å². The second-order valence-corrected chi connectivity index (χ2v) is 9.10. The van der Waals surface area contributed by atoms with Crippen molar-refractivity contribution < 1.29 is 9.53 Å². The summed E-state index contributed by atoms with van der Waals surface area (Å²) in [5, 5.41) is 9.40. The number of pyridine rings is 1. The fraction of sp³-hybridized carbons (Fsp3) is 0.391. The van der Waals surface area contributed by atoms with Crippen LogP contribution in [0.3, 0.4) is 0 Å². The Hall–Kier alpha value is -2.71. The van der Waals surface area contributed by atoms with E-state index < -0.39 is 0 Å². The number of hydrogen-bond donors (Lipinski definition) is 0. The molecule has 0 saturated carbocycles. The smallest absolute Gasteiger partial charge is 0.236 e. The molecule has 0 N–H and O–H groups in total. The third-order valence-electron chi connectivity index (χ3n) is 5.31. The van der Waals surface area contributed by atoms with Crippen LogP contribution in [0.5, 0.6) is 0 Å². The molecule has 7 nitrogen and oxygen atoms in total. The maximum Gasteiger partial charge on any atom is 0.236 e. The molecule has 162 valence electrons. The third kappa shape index (κ3) is 4.65. The van der Waals surface area contributed by atoms with E-state index in [0.29, 0.717) is 37.4 Å². The van der Waals surface area contributed by atoms with Gasteiger partial charge in [-0.3, -0.25) is 14.3 Å². The van der Waals surface area contributed by atoms with E-state index in [0.717, 1.165) is 17.1 Å². The molecule has 0 bridgehead atoms. The number of aromatic nitrogens is 4. The lowest BCUT2D eigenvalue weighted by atomic mass is 10.0. The Morgan fingerprint density at radius 3 is 2.55 bits per heavy atom. The highest BCUT2D eigenvalue weighted by atomic mass is 32.2. The Labute approximate surface area is 186 Å². The molecule has 1 aliphatic heterocycles. The minimum Gasteiger partial charge on any atom is -0.378 e. The van der Waals surface area contributed by atoms with Gasteiger partial charge in [0.1, 0.15) is 0 Å². The molecule has 1 aromatic carbocycles.